The molecule has 0 aliphatic carbocycles. The van der Waals surface area contributed by atoms with Crippen LogP contribution in [0.3, 0.4) is 0 Å². The van der Waals surface area contributed by atoms with E-state index in [2.05, 4.69) is 70.5 Å². The van der Waals surface area contributed by atoms with E-state index in [-0.39, 0.29) is 0 Å². The van der Waals surface area contributed by atoms with Crippen molar-refractivity contribution in [3.8, 4) is 0 Å². The van der Waals surface area contributed by atoms with Gasteiger partial charge < -0.3 is 10.6 Å². The Hall–Kier alpha value is -1.70. The van der Waals surface area contributed by atoms with Gasteiger partial charge in [0.1, 0.15) is 0 Å². The second kappa shape index (κ2) is 8.54. The summed E-state index contributed by atoms with van der Waals surface area (Å²) < 4.78 is 1.17. The Kier molecular flexibility index (Phi) is 5.90. The largest absolute Gasteiger partial charge is 0.361 e. The second-order valence-electron chi connectivity index (χ2n) is 6.48. The van der Waals surface area contributed by atoms with E-state index < -0.39 is 0 Å². The van der Waals surface area contributed by atoms with Crippen LogP contribution >= 0.6 is 35.7 Å². The number of fused-ring (bicyclic) bond motifs is 1. The van der Waals surface area contributed by atoms with E-state index in [1.54, 1.807) is 23.1 Å². The van der Waals surface area contributed by atoms with Crippen LogP contribution in [0.15, 0.2) is 52.4 Å². The zero-order valence-corrected chi connectivity index (χ0v) is 17.6. The van der Waals surface area contributed by atoms with Crippen LogP contribution in [0.1, 0.15) is 18.9 Å². The molecule has 0 amide bonds. The maximum Gasteiger partial charge on any atom is 0.183 e. The first kappa shape index (κ1) is 18.7. The number of thiol groups is 1. The summed E-state index contributed by atoms with van der Waals surface area (Å²) in [5.41, 5.74) is 3.43. The van der Waals surface area contributed by atoms with Crippen molar-refractivity contribution in [1.29, 1.82) is 0 Å². The van der Waals surface area contributed by atoms with E-state index in [1.807, 2.05) is 12.1 Å². The van der Waals surface area contributed by atoms with Crippen molar-refractivity contribution < 1.29 is 0 Å². The lowest BCUT2D eigenvalue weighted by molar-refractivity contribution is 0.738. The van der Waals surface area contributed by atoms with Crippen molar-refractivity contribution in [3.63, 3.8) is 0 Å². The van der Waals surface area contributed by atoms with Crippen molar-refractivity contribution in [2.75, 3.05) is 22.9 Å². The number of thiazole rings is 1. The first-order chi connectivity index (χ1) is 13.2. The number of thioether (sulfide) groups is 1. The lowest BCUT2D eigenvalue weighted by atomic mass is 10.1. The van der Waals surface area contributed by atoms with Crippen LogP contribution in [0.5, 0.6) is 0 Å². The molecule has 140 valence electrons. The van der Waals surface area contributed by atoms with Gasteiger partial charge in [0, 0.05) is 22.9 Å². The molecule has 2 N–H and O–H groups in total. The van der Waals surface area contributed by atoms with Crippen molar-refractivity contribution in [1.82, 2.24) is 4.98 Å². The van der Waals surface area contributed by atoms with Gasteiger partial charge in [0.15, 0.2) is 10.3 Å². The van der Waals surface area contributed by atoms with Crippen molar-refractivity contribution in [2.45, 2.75) is 30.7 Å². The van der Waals surface area contributed by atoms with Gasteiger partial charge in [0.25, 0.3) is 0 Å². The first-order valence-corrected chi connectivity index (χ1v) is 11.3. The van der Waals surface area contributed by atoms with Gasteiger partial charge in [0.2, 0.25) is 0 Å². The lowest BCUT2D eigenvalue weighted by Crippen LogP contribution is -2.06. The summed E-state index contributed by atoms with van der Waals surface area (Å²) in [5.74, 6) is 1.09. The molecular weight excluding hydrogens is 392 g/mol. The summed E-state index contributed by atoms with van der Waals surface area (Å²) in [4.78, 5) is 10.3. The van der Waals surface area contributed by atoms with Crippen molar-refractivity contribution >= 4 is 61.9 Å². The second-order valence-corrected chi connectivity index (χ2v) is 9.03. The monoisotopic (exact) mass is 414 g/mol. The smallest absolute Gasteiger partial charge is 0.183 e. The number of amidine groups is 1. The topological polar surface area (TPSA) is 49.3 Å². The Bertz CT molecular complexity index is 950. The fraction of sp³-hybridized carbons (Fsp3) is 0.300. The molecule has 1 aliphatic heterocycles. The number of aromatic nitrogens is 1. The molecule has 0 spiro atoms. The molecule has 4 nitrogen and oxygen atoms in total. The Balaban J connectivity index is 1.29. The maximum atomic E-state index is 4.68. The number of benzene rings is 2. The number of nitrogens with zero attached hydrogens (tertiary/aromatic N) is 2. The van der Waals surface area contributed by atoms with Gasteiger partial charge in [-0.1, -0.05) is 42.2 Å². The predicted molar refractivity (Wildman–Crippen MR) is 123 cm³/mol. The van der Waals surface area contributed by atoms with Crippen LogP contribution in [-0.4, -0.2) is 28.5 Å². The molecule has 1 atom stereocenters. The quantitative estimate of drug-likeness (QED) is 0.464. The van der Waals surface area contributed by atoms with E-state index >= 15 is 0 Å². The molecule has 0 fully saturated rings. The summed E-state index contributed by atoms with van der Waals surface area (Å²) in [6.45, 7) is 3.05. The average Bonchev–Trinajstić information content (AvgIpc) is 3.29. The predicted octanol–water partition coefficient (Wildman–Crippen LogP) is 5.53. The zero-order valence-electron chi connectivity index (χ0n) is 15.1. The third-order valence-corrected chi connectivity index (χ3v) is 6.74. The Morgan fingerprint density at radius 2 is 2.04 bits per heavy atom. The molecule has 1 unspecified atom stereocenters. The maximum absolute atomic E-state index is 4.68. The number of rotatable bonds is 6. The van der Waals surface area contributed by atoms with Gasteiger partial charge in [-0.05, 0) is 48.7 Å². The molecular formula is C20H22N4S3. The Labute approximate surface area is 173 Å². The molecule has 0 radical (unpaired) electrons. The molecule has 0 saturated carbocycles. The van der Waals surface area contributed by atoms with Gasteiger partial charge in [-0.3, -0.25) is 4.99 Å². The molecule has 0 bridgehead atoms. The average molecular weight is 415 g/mol. The minimum absolute atomic E-state index is 0.463. The van der Waals surface area contributed by atoms with Gasteiger partial charge in [0.05, 0.1) is 16.3 Å². The molecule has 1 aliphatic rings. The van der Waals surface area contributed by atoms with E-state index in [0.717, 1.165) is 51.5 Å². The summed E-state index contributed by atoms with van der Waals surface area (Å²) in [7, 11) is 0. The van der Waals surface area contributed by atoms with Gasteiger partial charge in [-0.2, -0.15) is 0 Å². The Morgan fingerprint density at radius 3 is 2.81 bits per heavy atom. The highest BCUT2D eigenvalue weighted by atomic mass is 32.2. The van der Waals surface area contributed by atoms with Crippen LogP contribution in [-0.2, 0) is 6.42 Å². The van der Waals surface area contributed by atoms with Crippen LogP contribution in [0.4, 0.5) is 10.8 Å². The molecule has 3 aromatic rings. The highest BCUT2D eigenvalue weighted by Gasteiger charge is 2.16. The lowest BCUT2D eigenvalue weighted by Gasteiger charge is -2.07. The molecule has 2 heterocycles. The van der Waals surface area contributed by atoms with E-state index in [1.165, 1.54) is 10.3 Å². The van der Waals surface area contributed by atoms with Gasteiger partial charge in [-0.25, -0.2) is 4.98 Å². The summed E-state index contributed by atoms with van der Waals surface area (Å²) in [6.07, 6.45) is 2.07. The number of aliphatic imine (C=N–C) groups is 1. The normalized spacial score (nSPS) is 16.5. The van der Waals surface area contributed by atoms with E-state index in [0.29, 0.717) is 6.04 Å². The third kappa shape index (κ3) is 4.78. The molecule has 7 heteroatoms. The zero-order chi connectivity index (χ0) is 18.6. The summed E-state index contributed by atoms with van der Waals surface area (Å²) >= 11 is 7.86. The fourth-order valence-corrected chi connectivity index (χ4v) is 5.17. The number of nitrogens with one attached hydrogen (secondary N) is 2. The highest BCUT2D eigenvalue weighted by Crippen LogP contribution is 2.27. The van der Waals surface area contributed by atoms with Gasteiger partial charge in [-0.15, -0.1) is 12.6 Å². The standard InChI is InChI=1S/C20H22N4S3/c1-2-14-12-26-20(22-14)23-15-5-3-13(4-6-15)9-10-21-19-24-17-8-7-16(25)11-18(17)27-19/h3-8,11,14,25H,2,9-10,12H2,1H3,(H,21,24)(H,22,23). The third-order valence-electron chi connectivity index (χ3n) is 4.45. The molecule has 2 aromatic carbocycles. The van der Waals surface area contributed by atoms with Crippen molar-refractivity contribution in [3.05, 3.63) is 48.0 Å². The Morgan fingerprint density at radius 1 is 1.19 bits per heavy atom. The molecule has 0 saturated heterocycles. The first-order valence-electron chi connectivity index (χ1n) is 9.09. The minimum Gasteiger partial charge on any atom is -0.361 e. The SMILES string of the molecule is CCC1CSC(Nc2ccc(CCNc3nc4ccc(S)cc4s3)cc2)=N1. The highest BCUT2D eigenvalue weighted by molar-refractivity contribution is 8.14. The van der Waals surface area contributed by atoms with Crippen LogP contribution in [0.2, 0.25) is 0 Å². The molecule has 1 aromatic heterocycles. The van der Waals surface area contributed by atoms with Crippen LogP contribution < -0.4 is 10.6 Å². The fourth-order valence-electron chi connectivity index (χ4n) is 2.87. The van der Waals surface area contributed by atoms with Crippen LogP contribution in [0, 0.1) is 0 Å². The molecule has 27 heavy (non-hydrogen) atoms. The summed E-state index contributed by atoms with van der Waals surface area (Å²) in [5, 5.41) is 8.85. The van der Waals surface area contributed by atoms with E-state index in [9.17, 15) is 0 Å². The van der Waals surface area contributed by atoms with Crippen molar-refractivity contribution in [2.24, 2.45) is 4.99 Å². The van der Waals surface area contributed by atoms with Crippen LogP contribution in [0.25, 0.3) is 10.2 Å². The van der Waals surface area contributed by atoms with E-state index in [4.69, 9.17) is 0 Å². The molecule has 4 rings (SSSR count). The number of anilines is 2. The number of hydrogen-bond acceptors (Lipinski definition) is 7. The minimum atomic E-state index is 0.463. The van der Waals surface area contributed by atoms with Gasteiger partial charge >= 0.3 is 0 Å². The number of hydrogen-bond donors (Lipinski definition) is 3. The summed E-state index contributed by atoms with van der Waals surface area (Å²) in [6, 6.07) is 15.1.